The number of hydrogen-bond acceptors (Lipinski definition) is 3. The van der Waals surface area contributed by atoms with Crippen LogP contribution < -0.4 is 15.0 Å². The zero-order chi connectivity index (χ0) is 12.4. The van der Waals surface area contributed by atoms with Crippen LogP contribution in [0.15, 0.2) is 18.2 Å². The van der Waals surface area contributed by atoms with E-state index in [1.54, 1.807) is 7.11 Å². The predicted octanol–water partition coefficient (Wildman–Crippen LogP) is 2.25. The van der Waals surface area contributed by atoms with Gasteiger partial charge in [-0.15, -0.1) is 0 Å². The fraction of sp³-hybridized carbons (Fsp3) is 0.462. The predicted molar refractivity (Wildman–Crippen MR) is 68.7 cm³/mol. The third-order valence-corrected chi connectivity index (χ3v) is 3.14. The van der Waals surface area contributed by atoms with Crippen LogP contribution in [0.1, 0.15) is 20.3 Å². The smallest absolute Gasteiger partial charge is 0.226 e. The molecule has 0 spiro atoms. The summed E-state index contributed by atoms with van der Waals surface area (Å²) < 4.78 is 5.18. The van der Waals surface area contributed by atoms with Gasteiger partial charge in [0.25, 0.3) is 0 Å². The second-order valence-corrected chi connectivity index (χ2v) is 4.27. The second kappa shape index (κ2) is 4.65. The average Bonchev–Trinajstić information content (AvgIpc) is 2.42. The summed E-state index contributed by atoms with van der Waals surface area (Å²) in [6.45, 7) is 5.05. The van der Waals surface area contributed by atoms with Gasteiger partial charge in [-0.3, -0.25) is 4.79 Å². The Morgan fingerprint density at radius 1 is 1.53 bits per heavy atom. The molecular weight excluding hydrogens is 216 g/mol. The van der Waals surface area contributed by atoms with Crippen molar-refractivity contribution in [1.29, 1.82) is 0 Å². The highest BCUT2D eigenvalue weighted by Gasteiger charge is 2.24. The molecule has 2 rings (SSSR count). The van der Waals surface area contributed by atoms with E-state index in [1.807, 2.05) is 18.2 Å². The lowest BCUT2D eigenvalue weighted by atomic mass is 10.2. The number of amides is 1. The quantitative estimate of drug-likeness (QED) is 0.853. The minimum absolute atomic E-state index is 0.0583. The van der Waals surface area contributed by atoms with Gasteiger partial charge >= 0.3 is 0 Å². The molecule has 1 aromatic carbocycles. The molecule has 0 radical (unpaired) electrons. The van der Waals surface area contributed by atoms with Gasteiger partial charge in [-0.05, 0) is 26.0 Å². The Labute approximate surface area is 102 Å². The van der Waals surface area contributed by atoms with E-state index in [-0.39, 0.29) is 11.9 Å². The minimum atomic E-state index is 0.0583. The first kappa shape index (κ1) is 11.8. The topological polar surface area (TPSA) is 41.6 Å². The normalized spacial score (nSPS) is 19.4. The van der Waals surface area contributed by atoms with Crippen molar-refractivity contribution in [3.05, 3.63) is 18.2 Å². The van der Waals surface area contributed by atoms with Gasteiger partial charge in [0.15, 0.2) is 0 Å². The third kappa shape index (κ3) is 2.20. The summed E-state index contributed by atoms with van der Waals surface area (Å²) in [5.41, 5.74) is 1.90. The fourth-order valence-corrected chi connectivity index (χ4v) is 2.29. The molecule has 0 aromatic heterocycles. The Morgan fingerprint density at radius 2 is 2.29 bits per heavy atom. The SMILES string of the molecule is CCN1c2ccc(OC)cc2NC(=O)CC1C. The van der Waals surface area contributed by atoms with Crippen molar-refractivity contribution in [3.63, 3.8) is 0 Å². The summed E-state index contributed by atoms with van der Waals surface area (Å²) in [5.74, 6) is 0.817. The number of ether oxygens (including phenoxy) is 1. The summed E-state index contributed by atoms with van der Waals surface area (Å²) in [5, 5.41) is 2.93. The van der Waals surface area contributed by atoms with E-state index in [2.05, 4.69) is 24.1 Å². The van der Waals surface area contributed by atoms with Gasteiger partial charge < -0.3 is 15.0 Å². The van der Waals surface area contributed by atoms with Crippen molar-refractivity contribution in [1.82, 2.24) is 0 Å². The lowest BCUT2D eigenvalue weighted by Crippen LogP contribution is -2.33. The first-order valence-corrected chi connectivity index (χ1v) is 5.90. The molecule has 1 aliphatic heterocycles. The van der Waals surface area contributed by atoms with Gasteiger partial charge in [0.1, 0.15) is 5.75 Å². The first-order valence-electron chi connectivity index (χ1n) is 5.90. The number of rotatable bonds is 2. The Bertz CT molecular complexity index is 431. The van der Waals surface area contributed by atoms with Crippen molar-refractivity contribution in [3.8, 4) is 5.75 Å². The summed E-state index contributed by atoms with van der Waals surface area (Å²) >= 11 is 0. The van der Waals surface area contributed by atoms with Crippen molar-refractivity contribution >= 4 is 17.3 Å². The number of methoxy groups -OCH3 is 1. The number of fused-ring (bicyclic) bond motifs is 1. The van der Waals surface area contributed by atoms with Crippen molar-refractivity contribution in [2.75, 3.05) is 23.9 Å². The number of carbonyl (C=O) groups is 1. The van der Waals surface area contributed by atoms with Gasteiger partial charge in [-0.25, -0.2) is 0 Å². The van der Waals surface area contributed by atoms with Crippen LogP contribution in [0.25, 0.3) is 0 Å². The van der Waals surface area contributed by atoms with Gasteiger partial charge in [0.2, 0.25) is 5.91 Å². The van der Waals surface area contributed by atoms with E-state index in [1.165, 1.54) is 0 Å². The number of hydrogen-bond donors (Lipinski definition) is 1. The number of nitrogens with zero attached hydrogens (tertiary/aromatic N) is 1. The van der Waals surface area contributed by atoms with Crippen LogP contribution in [0.2, 0.25) is 0 Å². The van der Waals surface area contributed by atoms with Crippen LogP contribution in [0, 0.1) is 0 Å². The molecule has 1 aromatic rings. The average molecular weight is 234 g/mol. The van der Waals surface area contributed by atoms with Crippen LogP contribution in [0.3, 0.4) is 0 Å². The molecule has 4 nitrogen and oxygen atoms in total. The van der Waals surface area contributed by atoms with E-state index in [9.17, 15) is 4.79 Å². The van der Waals surface area contributed by atoms with E-state index >= 15 is 0 Å². The molecule has 4 heteroatoms. The molecule has 1 unspecified atom stereocenters. The molecule has 0 bridgehead atoms. The molecule has 92 valence electrons. The minimum Gasteiger partial charge on any atom is -0.497 e. The zero-order valence-corrected chi connectivity index (χ0v) is 10.5. The first-order chi connectivity index (χ1) is 8.15. The molecular formula is C13H18N2O2. The number of benzene rings is 1. The number of carbonyl (C=O) groups excluding carboxylic acids is 1. The van der Waals surface area contributed by atoms with Crippen molar-refractivity contribution in [2.24, 2.45) is 0 Å². The number of anilines is 2. The maximum atomic E-state index is 11.7. The molecule has 0 saturated heterocycles. The molecule has 0 saturated carbocycles. The van der Waals surface area contributed by atoms with Gasteiger partial charge in [-0.2, -0.15) is 0 Å². The van der Waals surface area contributed by atoms with Gasteiger partial charge in [0.05, 0.1) is 18.5 Å². The molecule has 0 aliphatic carbocycles. The highest BCUT2D eigenvalue weighted by Crippen LogP contribution is 2.34. The van der Waals surface area contributed by atoms with Gasteiger partial charge in [0, 0.05) is 25.1 Å². The lowest BCUT2D eigenvalue weighted by Gasteiger charge is -2.28. The molecule has 1 heterocycles. The maximum absolute atomic E-state index is 11.7. The van der Waals surface area contributed by atoms with E-state index < -0.39 is 0 Å². The molecule has 1 atom stereocenters. The largest absolute Gasteiger partial charge is 0.497 e. The summed E-state index contributed by atoms with van der Waals surface area (Å²) in [6, 6.07) is 6.01. The zero-order valence-electron chi connectivity index (χ0n) is 10.5. The fourth-order valence-electron chi connectivity index (χ4n) is 2.29. The van der Waals surface area contributed by atoms with Crippen LogP contribution in [-0.4, -0.2) is 25.6 Å². The van der Waals surface area contributed by atoms with Crippen LogP contribution in [0.5, 0.6) is 5.75 Å². The maximum Gasteiger partial charge on any atom is 0.226 e. The second-order valence-electron chi connectivity index (χ2n) is 4.27. The van der Waals surface area contributed by atoms with E-state index in [4.69, 9.17) is 4.74 Å². The van der Waals surface area contributed by atoms with Gasteiger partial charge in [-0.1, -0.05) is 0 Å². The van der Waals surface area contributed by atoms with Crippen LogP contribution in [-0.2, 0) is 4.79 Å². The molecule has 0 fully saturated rings. The monoisotopic (exact) mass is 234 g/mol. The van der Waals surface area contributed by atoms with Crippen molar-refractivity contribution in [2.45, 2.75) is 26.3 Å². The van der Waals surface area contributed by atoms with E-state index in [0.29, 0.717) is 6.42 Å². The Hall–Kier alpha value is -1.71. The molecule has 1 amide bonds. The van der Waals surface area contributed by atoms with E-state index in [0.717, 1.165) is 23.7 Å². The summed E-state index contributed by atoms with van der Waals surface area (Å²) in [4.78, 5) is 14.0. The standard InChI is InChI=1S/C13H18N2O2/c1-4-15-9(2)7-13(16)14-11-8-10(17-3)5-6-12(11)15/h5-6,8-9H,4,7H2,1-3H3,(H,14,16). The van der Waals surface area contributed by atoms with Crippen LogP contribution >= 0.6 is 0 Å². The Kier molecular flexibility index (Phi) is 3.22. The molecule has 1 aliphatic rings. The summed E-state index contributed by atoms with van der Waals surface area (Å²) in [6.07, 6.45) is 0.519. The highest BCUT2D eigenvalue weighted by atomic mass is 16.5. The third-order valence-electron chi connectivity index (χ3n) is 3.14. The lowest BCUT2D eigenvalue weighted by molar-refractivity contribution is -0.116. The summed E-state index contributed by atoms with van der Waals surface area (Å²) in [7, 11) is 1.63. The molecule has 17 heavy (non-hydrogen) atoms. The van der Waals surface area contributed by atoms with Crippen LogP contribution in [0.4, 0.5) is 11.4 Å². The Morgan fingerprint density at radius 3 is 2.94 bits per heavy atom. The Balaban J connectivity index is 2.47. The van der Waals surface area contributed by atoms with Crippen molar-refractivity contribution < 1.29 is 9.53 Å². The highest BCUT2D eigenvalue weighted by molar-refractivity contribution is 5.97. The number of nitrogens with one attached hydrogen (secondary N) is 1. The molecule has 1 N–H and O–H groups in total.